The van der Waals surface area contributed by atoms with E-state index in [-0.39, 0.29) is 11.0 Å². The molecule has 0 spiro atoms. The second kappa shape index (κ2) is 14.6. The summed E-state index contributed by atoms with van der Waals surface area (Å²) in [6.07, 6.45) is 6.21. The Bertz CT molecular complexity index is 353. The van der Waals surface area contributed by atoms with Gasteiger partial charge in [-0.05, 0) is 24.6 Å². The zero-order valence-electron chi connectivity index (χ0n) is 18.0. The van der Waals surface area contributed by atoms with E-state index < -0.39 is 8.32 Å². The Morgan fingerprint density at radius 1 is 0.808 bits per heavy atom. The van der Waals surface area contributed by atoms with Gasteiger partial charge in [0.05, 0.1) is 33.0 Å². The van der Waals surface area contributed by atoms with E-state index in [2.05, 4.69) is 40.8 Å². The Hall–Kier alpha value is -0.433. The van der Waals surface area contributed by atoms with E-state index in [1.54, 1.807) is 0 Å². The standard InChI is InChI=1S/C20H42O5Si/c1-7-8-9-10-11-12-19(21)24-17-15-22-13-14-23-16-18-25-26(5,6)20(2,3)4/h7-18H2,1-6H3. The fraction of sp³-hybridized carbons (Fsp3) is 0.950. The van der Waals surface area contributed by atoms with Crippen LogP contribution in [-0.2, 0) is 23.4 Å². The zero-order valence-corrected chi connectivity index (χ0v) is 19.0. The number of carbonyl (C=O) groups is 1. The van der Waals surface area contributed by atoms with Crippen molar-refractivity contribution < 1.29 is 23.4 Å². The van der Waals surface area contributed by atoms with Crippen LogP contribution in [0.2, 0.25) is 18.1 Å². The Balaban J connectivity index is 3.37. The van der Waals surface area contributed by atoms with Crippen molar-refractivity contribution in [1.82, 2.24) is 0 Å². The molecule has 0 atom stereocenters. The molecule has 0 saturated carbocycles. The lowest BCUT2D eigenvalue weighted by Gasteiger charge is -2.36. The largest absolute Gasteiger partial charge is 0.463 e. The number of ether oxygens (including phenoxy) is 3. The minimum atomic E-state index is -1.68. The number of unbranched alkanes of at least 4 members (excludes halogenated alkanes) is 4. The predicted molar refractivity (Wildman–Crippen MR) is 109 cm³/mol. The third-order valence-electron chi connectivity index (χ3n) is 4.84. The van der Waals surface area contributed by atoms with Gasteiger partial charge in [-0.1, -0.05) is 53.4 Å². The van der Waals surface area contributed by atoms with E-state index >= 15 is 0 Å². The highest BCUT2D eigenvalue weighted by atomic mass is 28.4. The minimum Gasteiger partial charge on any atom is -0.463 e. The number of carbonyl (C=O) groups excluding carboxylic acids is 1. The maximum Gasteiger partial charge on any atom is 0.305 e. The third-order valence-corrected chi connectivity index (χ3v) is 9.38. The molecule has 0 unspecified atom stereocenters. The highest BCUT2D eigenvalue weighted by Crippen LogP contribution is 2.36. The van der Waals surface area contributed by atoms with E-state index in [1.807, 2.05) is 0 Å². The van der Waals surface area contributed by atoms with Gasteiger partial charge in [-0.15, -0.1) is 0 Å². The van der Waals surface area contributed by atoms with Crippen molar-refractivity contribution in [3.63, 3.8) is 0 Å². The summed E-state index contributed by atoms with van der Waals surface area (Å²) in [5.74, 6) is -0.121. The second-order valence-corrected chi connectivity index (χ2v) is 13.0. The number of rotatable bonds is 16. The smallest absolute Gasteiger partial charge is 0.305 e. The van der Waals surface area contributed by atoms with Gasteiger partial charge in [-0.2, -0.15) is 0 Å². The number of esters is 1. The molecule has 0 amide bonds. The second-order valence-electron chi connectivity index (χ2n) is 8.22. The number of hydrogen-bond acceptors (Lipinski definition) is 5. The molecule has 0 aliphatic carbocycles. The SMILES string of the molecule is CCCCCCCC(=O)OCCOCCOCCO[Si](C)(C)C(C)(C)C. The molecule has 0 saturated heterocycles. The lowest BCUT2D eigenvalue weighted by molar-refractivity contribution is -0.145. The molecular weight excluding hydrogens is 348 g/mol. The van der Waals surface area contributed by atoms with Gasteiger partial charge in [0.25, 0.3) is 0 Å². The number of hydrogen-bond donors (Lipinski definition) is 0. The van der Waals surface area contributed by atoms with E-state index in [9.17, 15) is 4.79 Å². The Morgan fingerprint density at radius 3 is 1.92 bits per heavy atom. The summed E-state index contributed by atoms with van der Waals surface area (Å²) in [7, 11) is -1.68. The lowest BCUT2D eigenvalue weighted by Crippen LogP contribution is -2.41. The average molecular weight is 391 g/mol. The molecule has 0 aromatic rings. The maximum absolute atomic E-state index is 11.5. The maximum atomic E-state index is 11.5. The highest BCUT2D eigenvalue weighted by Gasteiger charge is 2.36. The van der Waals surface area contributed by atoms with Crippen molar-refractivity contribution in [1.29, 1.82) is 0 Å². The predicted octanol–water partition coefficient (Wildman–Crippen LogP) is 4.95. The fourth-order valence-corrected chi connectivity index (χ4v) is 3.08. The van der Waals surface area contributed by atoms with Crippen LogP contribution in [0.5, 0.6) is 0 Å². The molecule has 0 bridgehead atoms. The van der Waals surface area contributed by atoms with E-state index in [4.69, 9.17) is 18.6 Å². The van der Waals surface area contributed by atoms with E-state index in [0.717, 1.165) is 12.8 Å². The van der Waals surface area contributed by atoms with Crippen LogP contribution in [0.15, 0.2) is 0 Å². The van der Waals surface area contributed by atoms with Gasteiger partial charge in [-0.25, -0.2) is 0 Å². The molecule has 0 N–H and O–H groups in total. The van der Waals surface area contributed by atoms with Gasteiger partial charge in [0, 0.05) is 6.42 Å². The van der Waals surface area contributed by atoms with Crippen molar-refractivity contribution in [2.75, 3.05) is 39.6 Å². The molecule has 156 valence electrons. The molecule has 26 heavy (non-hydrogen) atoms. The summed E-state index contributed by atoms with van der Waals surface area (Å²) in [5, 5.41) is 0.225. The molecule has 0 aliphatic rings. The highest BCUT2D eigenvalue weighted by molar-refractivity contribution is 6.74. The van der Waals surface area contributed by atoms with Crippen molar-refractivity contribution in [2.45, 2.75) is 84.4 Å². The van der Waals surface area contributed by atoms with Gasteiger partial charge >= 0.3 is 5.97 Å². The van der Waals surface area contributed by atoms with Gasteiger partial charge in [0.15, 0.2) is 8.32 Å². The summed E-state index contributed by atoms with van der Waals surface area (Å²) < 4.78 is 22.1. The Labute approximate surface area is 162 Å². The molecule has 0 aromatic carbocycles. The normalized spacial score (nSPS) is 12.4. The molecule has 0 radical (unpaired) electrons. The molecule has 0 fully saturated rings. The molecule has 6 heteroatoms. The minimum absolute atomic E-state index is 0.121. The van der Waals surface area contributed by atoms with Gasteiger partial charge in [0.1, 0.15) is 6.61 Å². The molecule has 5 nitrogen and oxygen atoms in total. The first-order valence-corrected chi connectivity index (χ1v) is 13.1. The van der Waals surface area contributed by atoms with Crippen LogP contribution in [0.4, 0.5) is 0 Å². The van der Waals surface area contributed by atoms with E-state index in [0.29, 0.717) is 46.1 Å². The summed E-state index contributed by atoms with van der Waals surface area (Å²) in [5.41, 5.74) is 0. The van der Waals surface area contributed by atoms with Crippen LogP contribution in [0, 0.1) is 0 Å². The summed E-state index contributed by atoms with van der Waals surface area (Å²) in [4.78, 5) is 11.5. The van der Waals surface area contributed by atoms with Crippen molar-refractivity contribution in [3.8, 4) is 0 Å². The van der Waals surface area contributed by atoms with Crippen LogP contribution in [0.25, 0.3) is 0 Å². The van der Waals surface area contributed by atoms with Gasteiger partial charge in [-0.3, -0.25) is 4.79 Å². The summed E-state index contributed by atoms with van der Waals surface area (Å²) in [6, 6.07) is 0. The van der Waals surface area contributed by atoms with Crippen molar-refractivity contribution in [2.24, 2.45) is 0 Å². The van der Waals surface area contributed by atoms with Crippen LogP contribution >= 0.6 is 0 Å². The van der Waals surface area contributed by atoms with Crippen LogP contribution < -0.4 is 0 Å². The van der Waals surface area contributed by atoms with Crippen LogP contribution in [0.3, 0.4) is 0 Å². The Kier molecular flexibility index (Phi) is 14.4. The lowest BCUT2D eigenvalue weighted by atomic mass is 10.1. The average Bonchev–Trinajstić information content (AvgIpc) is 2.55. The third kappa shape index (κ3) is 13.7. The van der Waals surface area contributed by atoms with E-state index in [1.165, 1.54) is 19.3 Å². The fourth-order valence-electron chi connectivity index (χ4n) is 2.05. The molecular formula is C20H42O5Si. The monoisotopic (exact) mass is 390 g/mol. The summed E-state index contributed by atoms with van der Waals surface area (Å²) in [6.45, 7) is 16.4. The van der Waals surface area contributed by atoms with Crippen LogP contribution in [-0.4, -0.2) is 53.9 Å². The first-order chi connectivity index (χ1) is 12.2. The molecule has 0 aromatic heterocycles. The molecule has 0 aliphatic heterocycles. The first kappa shape index (κ1) is 25.6. The Morgan fingerprint density at radius 2 is 1.35 bits per heavy atom. The molecule has 0 rings (SSSR count). The zero-order chi connectivity index (χ0) is 19.9. The quantitative estimate of drug-likeness (QED) is 0.212. The first-order valence-electron chi connectivity index (χ1n) is 10.2. The van der Waals surface area contributed by atoms with Crippen molar-refractivity contribution in [3.05, 3.63) is 0 Å². The topological polar surface area (TPSA) is 54.0 Å². The van der Waals surface area contributed by atoms with Crippen LogP contribution in [0.1, 0.15) is 66.2 Å². The van der Waals surface area contributed by atoms with Gasteiger partial charge in [0.2, 0.25) is 0 Å². The summed E-state index contributed by atoms with van der Waals surface area (Å²) >= 11 is 0. The molecule has 0 heterocycles. The van der Waals surface area contributed by atoms with Gasteiger partial charge < -0.3 is 18.6 Å². The van der Waals surface area contributed by atoms with Crippen molar-refractivity contribution >= 4 is 14.3 Å².